The molecule has 1 rings (SSSR count). The van der Waals surface area contributed by atoms with E-state index in [4.69, 9.17) is 11.0 Å². The summed E-state index contributed by atoms with van der Waals surface area (Å²) in [6.45, 7) is 2.23. The van der Waals surface area contributed by atoms with Gasteiger partial charge in [-0.15, -0.1) is 0 Å². The summed E-state index contributed by atoms with van der Waals surface area (Å²) in [7, 11) is 1.96. The normalized spacial score (nSPS) is 10.2. The number of hydrogen-bond donors (Lipinski definition) is 2. The van der Waals surface area contributed by atoms with Crippen molar-refractivity contribution in [3.8, 4) is 6.07 Å². The fraction of sp³-hybridized carbons (Fsp3) is 0.429. The zero-order chi connectivity index (χ0) is 14.1. The third-order valence-electron chi connectivity index (χ3n) is 2.79. The van der Waals surface area contributed by atoms with Crippen molar-refractivity contribution < 1.29 is 4.79 Å². The minimum Gasteiger partial charge on any atom is -0.330 e. The van der Waals surface area contributed by atoms with Crippen LogP contribution in [0.5, 0.6) is 0 Å². The van der Waals surface area contributed by atoms with Gasteiger partial charge in [-0.3, -0.25) is 4.79 Å². The molecule has 19 heavy (non-hydrogen) atoms. The highest BCUT2D eigenvalue weighted by molar-refractivity contribution is 5.92. The van der Waals surface area contributed by atoms with Crippen LogP contribution in [0.3, 0.4) is 0 Å². The molecule has 0 bridgehead atoms. The number of carbonyl (C=O) groups excluding carboxylic acids is 1. The van der Waals surface area contributed by atoms with Crippen LogP contribution < -0.4 is 11.1 Å². The number of nitrogens with one attached hydrogen (secondary N) is 1. The van der Waals surface area contributed by atoms with Crippen LogP contribution in [0.2, 0.25) is 0 Å². The van der Waals surface area contributed by atoms with Gasteiger partial charge in [0.15, 0.2) is 0 Å². The lowest BCUT2D eigenvalue weighted by Gasteiger charge is -2.15. The number of amides is 1. The Kier molecular flexibility index (Phi) is 6.58. The Labute approximate surface area is 114 Å². The van der Waals surface area contributed by atoms with Crippen molar-refractivity contribution in [2.24, 2.45) is 5.73 Å². The Hall–Kier alpha value is -1.90. The highest BCUT2D eigenvalue weighted by Gasteiger charge is 2.07. The van der Waals surface area contributed by atoms with E-state index in [-0.39, 0.29) is 5.91 Å². The number of carbonyl (C=O) groups is 1. The summed E-state index contributed by atoms with van der Waals surface area (Å²) in [6.07, 6.45) is 1.33. The van der Waals surface area contributed by atoms with Gasteiger partial charge in [0.2, 0.25) is 5.91 Å². The molecule has 3 N–H and O–H groups in total. The number of para-hydroxylation sites is 1. The van der Waals surface area contributed by atoms with Crippen LogP contribution in [0.15, 0.2) is 24.3 Å². The van der Waals surface area contributed by atoms with Crippen LogP contribution in [0, 0.1) is 11.3 Å². The van der Waals surface area contributed by atoms with Crippen molar-refractivity contribution in [3.63, 3.8) is 0 Å². The van der Waals surface area contributed by atoms with Gasteiger partial charge in [0.25, 0.3) is 0 Å². The molecule has 0 radical (unpaired) electrons. The Morgan fingerprint density at radius 3 is 2.84 bits per heavy atom. The highest BCUT2D eigenvalue weighted by Crippen LogP contribution is 2.13. The van der Waals surface area contributed by atoms with Crippen LogP contribution in [0.25, 0.3) is 0 Å². The molecular formula is C14H20N4O. The first-order valence-corrected chi connectivity index (χ1v) is 6.35. The molecule has 5 nitrogen and oxygen atoms in total. The molecule has 0 saturated heterocycles. The second kappa shape index (κ2) is 8.25. The molecule has 1 amide bonds. The molecule has 102 valence electrons. The van der Waals surface area contributed by atoms with Crippen molar-refractivity contribution >= 4 is 11.6 Å². The average molecular weight is 260 g/mol. The number of benzene rings is 1. The molecule has 0 spiro atoms. The number of nitrogens with zero attached hydrogens (tertiary/aromatic N) is 2. The lowest BCUT2D eigenvalue weighted by atomic mass is 10.2. The lowest BCUT2D eigenvalue weighted by Crippen LogP contribution is -2.26. The van der Waals surface area contributed by atoms with E-state index >= 15 is 0 Å². The molecule has 0 saturated carbocycles. The Bertz CT molecular complexity index is 453. The van der Waals surface area contributed by atoms with Gasteiger partial charge >= 0.3 is 0 Å². The molecule has 5 heteroatoms. The van der Waals surface area contributed by atoms with Crippen molar-refractivity contribution in [2.45, 2.75) is 12.8 Å². The lowest BCUT2D eigenvalue weighted by molar-refractivity contribution is -0.116. The smallest absolute Gasteiger partial charge is 0.225 e. The predicted molar refractivity (Wildman–Crippen MR) is 75.6 cm³/mol. The van der Waals surface area contributed by atoms with E-state index in [1.165, 1.54) is 0 Å². The minimum absolute atomic E-state index is 0.0812. The molecule has 1 aromatic rings. The fourth-order valence-electron chi connectivity index (χ4n) is 1.67. The number of rotatable bonds is 7. The van der Waals surface area contributed by atoms with Crippen LogP contribution >= 0.6 is 0 Å². The maximum Gasteiger partial charge on any atom is 0.225 e. The molecule has 0 unspecified atom stereocenters. The van der Waals surface area contributed by atoms with Crippen LogP contribution in [0.4, 0.5) is 5.69 Å². The van der Waals surface area contributed by atoms with Gasteiger partial charge in [0.1, 0.15) is 6.07 Å². The topological polar surface area (TPSA) is 82.2 Å². The van der Waals surface area contributed by atoms with Crippen LogP contribution in [-0.4, -0.2) is 37.5 Å². The maximum atomic E-state index is 11.8. The molecule has 1 aromatic carbocycles. The van der Waals surface area contributed by atoms with Crippen molar-refractivity contribution in [1.29, 1.82) is 5.26 Å². The molecular weight excluding hydrogens is 240 g/mol. The first-order valence-electron chi connectivity index (χ1n) is 6.35. The fourth-order valence-corrected chi connectivity index (χ4v) is 1.67. The van der Waals surface area contributed by atoms with E-state index in [2.05, 4.69) is 16.3 Å². The van der Waals surface area contributed by atoms with Crippen molar-refractivity contribution in [1.82, 2.24) is 4.90 Å². The second-order valence-corrected chi connectivity index (χ2v) is 4.40. The van der Waals surface area contributed by atoms with Gasteiger partial charge in [-0.05, 0) is 38.7 Å². The van der Waals surface area contributed by atoms with Crippen molar-refractivity contribution in [3.05, 3.63) is 29.8 Å². The number of hydrogen-bond acceptors (Lipinski definition) is 4. The summed E-state index contributed by atoms with van der Waals surface area (Å²) in [5.41, 5.74) is 6.48. The monoisotopic (exact) mass is 260 g/mol. The molecule has 0 aromatic heterocycles. The van der Waals surface area contributed by atoms with E-state index in [0.29, 0.717) is 30.8 Å². The van der Waals surface area contributed by atoms with Gasteiger partial charge in [0, 0.05) is 13.0 Å². The summed E-state index contributed by atoms with van der Waals surface area (Å²) in [4.78, 5) is 13.9. The molecule has 0 aliphatic heterocycles. The molecule has 0 aliphatic carbocycles. The van der Waals surface area contributed by atoms with Crippen molar-refractivity contribution in [2.75, 3.05) is 32.0 Å². The summed E-state index contributed by atoms with van der Waals surface area (Å²) in [5, 5.41) is 11.7. The zero-order valence-corrected chi connectivity index (χ0v) is 11.2. The Morgan fingerprint density at radius 1 is 1.42 bits per heavy atom. The molecule has 0 heterocycles. The average Bonchev–Trinajstić information content (AvgIpc) is 2.43. The number of nitriles is 1. The maximum absolute atomic E-state index is 11.8. The van der Waals surface area contributed by atoms with Crippen LogP contribution in [-0.2, 0) is 4.79 Å². The standard InChI is InChI=1S/C14H20N4O/c1-18(9-4-8-15)10-7-14(19)17-13-6-3-2-5-12(13)11-16/h2-3,5-6H,4,7-10,15H2,1H3,(H,17,19). The van der Waals surface area contributed by atoms with Crippen LogP contribution in [0.1, 0.15) is 18.4 Å². The third kappa shape index (κ3) is 5.51. The van der Waals surface area contributed by atoms with Gasteiger partial charge in [0.05, 0.1) is 11.3 Å². The summed E-state index contributed by atoms with van der Waals surface area (Å²) in [6, 6.07) is 9.04. The van der Waals surface area contributed by atoms with Gasteiger partial charge in [-0.1, -0.05) is 12.1 Å². The zero-order valence-electron chi connectivity index (χ0n) is 11.2. The summed E-state index contributed by atoms with van der Waals surface area (Å²) < 4.78 is 0. The predicted octanol–water partition coefficient (Wildman–Crippen LogP) is 1.17. The third-order valence-corrected chi connectivity index (χ3v) is 2.79. The first-order chi connectivity index (χ1) is 9.17. The second-order valence-electron chi connectivity index (χ2n) is 4.40. The quantitative estimate of drug-likeness (QED) is 0.771. The Morgan fingerprint density at radius 2 is 2.16 bits per heavy atom. The summed E-state index contributed by atoms with van der Waals surface area (Å²) in [5.74, 6) is -0.0812. The number of nitrogens with two attached hydrogens (primary N) is 1. The van der Waals surface area contributed by atoms with Gasteiger partial charge in [-0.25, -0.2) is 0 Å². The van der Waals surface area contributed by atoms with Gasteiger partial charge in [-0.2, -0.15) is 5.26 Å². The highest BCUT2D eigenvalue weighted by atomic mass is 16.1. The minimum atomic E-state index is -0.0812. The molecule has 0 aliphatic rings. The first kappa shape index (κ1) is 15.2. The van der Waals surface area contributed by atoms with Gasteiger partial charge < -0.3 is 16.0 Å². The van der Waals surface area contributed by atoms with E-state index in [1.807, 2.05) is 7.05 Å². The number of anilines is 1. The summed E-state index contributed by atoms with van der Waals surface area (Å²) >= 11 is 0. The van der Waals surface area contributed by atoms with E-state index in [1.54, 1.807) is 24.3 Å². The van der Waals surface area contributed by atoms with E-state index < -0.39 is 0 Å². The largest absolute Gasteiger partial charge is 0.330 e. The Balaban J connectivity index is 2.41. The van der Waals surface area contributed by atoms with E-state index in [0.717, 1.165) is 13.0 Å². The van der Waals surface area contributed by atoms with E-state index in [9.17, 15) is 4.79 Å². The SMILES string of the molecule is CN(CCCN)CCC(=O)Nc1ccccc1C#N. The molecule has 0 fully saturated rings. The molecule has 0 atom stereocenters.